The van der Waals surface area contributed by atoms with Crippen molar-refractivity contribution in [1.82, 2.24) is 0 Å². The van der Waals surface area contributed by atoms with E-state index in [1.54, 1.807) is 42.7 Å². The molecule has 0 N–H and O–H groups in total. The lowest BCUT2D eigenvalue weighted by molar-refractivity contribution is -0.367. The standard InChI is InChI=1S/C26H30O8/c1-15(27)34-21-14-18(24(30-4)16-10-8-12-19(28-2)22(16)21)25(31-5)23-17(26(25,32-6)33-7)11-9-13-20(23)29-3/h8-14,18,24H,1-7H3. The van der Waals surface area contributed by atoms with Gasteiger partial charge in [-0.15, -0.1) is 0 Å². The molecule has 3 unspecified atom stereocenters. The largest absolute Gasteiger partial charge is 0.496 e. The lowest BCUT2D eigenvalue weighted by Gasteiger charge is -2.60. The molecule has 2 aromatic rings. The lowest BCUT2D eigenvalue weighted by Crippen LogP contribution is -2.66. The molecule has 0 radical (unpaired) electrons. The van der Waals surface area contributed by atoms with Gasteiger partial charge >= 0.3 is 5.97 Å². The number of esters is 1. The molecule has 0 saturated heterocycles. The summed E-state index contributed by atoms with van der Waals surface area (Å²) in [5.74, 6) is -0.743. The molecule has 3 atom stereocenters. The van der Waals surface area contributed by atoms with Gasteiger partial charge in [-0.2, -0.15) is 0 Å². The van der Waals surface area contributed by atoms with Crippen LogP contribution < -0.4 is 9.47 Å². The van der Waals surface area contributed by atoms with Gasteiger partial charge in [-0.25, -0.2) is 0 Å². The Labute approximate surface area is 199 Å². The Morgan fingerprint density at radius 2 is 1.50 bits per heavy atom. The van der Waals surface area contributed by atoms with Crippen LogP contribution in [0.1, 0.15) is 35.3 Å². The molecule has 8 heteroatoms. The number of ether oxygens (including phenoxy) is 7. The van der Waals surface area contributed by atoms with Gasteiger partial charge in [0.05, 0.1) is 31.8 Å². The van der Waals surface area contributed by atoms with Crippen LogP contribution in [0.5, 0.6) is 11.5 Å². The summed E-state index contributed by atoms with van der Waals surface area (Å²) in [6.07, 6.45) is 1.30. The minimum atomic E-state index is -1.28. The van der Waals surface area contributed by atoms with Crippen molar-refractivity contribution >= 4 is 11.7 Å². The summed E-state index contributed by atoms with van der Waals surface area (Å²) in [7, 11) is 9.52. The fourth-order valence-corrected chi connectivity index (χ4v) is 5.62. The Kier molecular flexibility index (Phi) is 6.44. The topological polar surface area (TPSA) is 81.7 Å². The van der Waals surface area contributed by atoms with Crippen LogP contribution in [0.2, 0.25) is 0 Å². The van der Waals surface area contributed by atoms with E-state index in [1.165, 1.54) is 6.92 Å². The van der Waals surface area contributed by atoms with E-state index in [0.717, 1.165) is 16.7 Å². The van der Waals surface area contributed by atoms with E-state index in [1.807, 2.05) is 42.5 Å². The number of hydrogen-bond acceptors (Lipinski definition) is 8. The van der Waals surface area contributed by atoms with Gasteiger partial charge in [0, 0.05) is 46.5 Å². The summed E-state index contributed by atoms with van der Waals surface area (Å²) in [6, 6.07) is 11.2. The normalized spacial score (nSPS) is 24.3. The van der Waals surface area contributed by atoms with E-state index in [-0.39, 0.29) is 0 Å². The molecule has 2 aliphatic rings. The Hall–Kier alpha value is -2.91. The summed E-state index contributed by atoms with van der Waals surface area (Å²) in [4.78, 5) is 12.1. The highest BCUT2D eigenvalue weighted by molar-refractivity contribution is 5.81. The van der Waals surface area contributed by atoms with Crippen LogP contribution in [0.15, 0.2) is 42.5 Å². The Morgan fingerprint density at radius 1 is 0.853 bits per heavy atom. The van der Waals surface area contributed by atoms with Crippen LogP contribution in [-0.4, -0.2) is 48.6 Å². The van der Waals surface area contributed by atoms with Crippen molar-refractivity contribution < 1.29 is 38.0 Å². The van der Waals surface area contributed by atoms with E-state index in [0.29, 0.717) is 22.8 Å². The molecule has 0 heterocycles. The van der Waals surface area contributed by atoms with Gasteiger partial charge in [-0.1, -0.05) is 24.3 Å². The van der Waals surface area contributed by atoms with Crippen molar-refractivity contribution in [2.45, 2.75) is 24.4 Å². The first-order valence-electron chi connectivity index (χ1n) is 10.8. The first-order chi connectivity index (χ1) is 16.4. The number of hydrogen-bond donors (Lipinski definition) is 0. The average molecular weight is 471 g/mol. The maximum atomic E-state index is 12.1. The van der Waals surface area contributed by atoms with E-state index in [9.17, 15) is 4.79 Å². The highest BCUT2D eigenvalue weighted by Gasteiger charge is 2.72. The summed E-state index contributed by atoms with van der Waals surface area (Å²) in [5, 5.41) is 0. The van der Waals surface area contributed by atoms with Gasteiger partial charge < -0.3 is 33.2 Å². The molecule has 0 fully saturated rings. The van der Waals surface area contributed by atoms with Gasteiger partial charge in [-0.05, 0) is 23.8 Å². The van der Waals surface area contributed by atoms with Crippen molar-refractivity contribution in [1.29, 1.82) is 0 Å². The minimum Gasteiger partial charge on any atom is -0.496 e. The smallest absolute Gasteiger partial charge is 0.308 e. The summed E-state index contributed by atoms with van der Waals surface area (Å²) in [6.45, 7) is 1.36. The Morgan fingerprint density at radius 3 is 2.06 bits per heavy atom. The van der Waals surface area contributed by atoms with Crippen LogP contribution >= 0.6 is 0 Å². The summed E-state index contributed by atoms with van der Waals surface area (Å²) in [5.41, 5.74) is 1.79. The Balaban J connectivity index is 2.05. The first kappa shape index (κ1) is 24.2. The lowest BCUT2D eigenvalue weighted by atomic mass is 9.57. The zero-order valence-corrected chi connectivity index (χ0v) is 20.5. The highest BCUT2D eigenvalue weighted by atomic mass is 16.7. The SMILES string of the molecule is COc1cccc2c1C(OC(C)=O)=CC(C1(OC)c3c(OC)cccc3C1(OC)OC)C2OC. The zero-order chi connectivity index (χ0) is 24.7. The highest BCUT2D eigenvalue weighted by Crippen LogP contribution is 2.67. The third-order valence-electron chi connectivity index (χ3n) is 6.82. The molecule has 4 rings (SSSR count). The van der Waals surface area contributed by atoms with Crippen molar-refractivity contribution in [2.75, 3.05) is 42.7 Å². The minimum absolute atomic E-state index is 0.346. The molecule has 0 spiro atoms. The second-order valence-electron chi connectivity index (χ2n) is 8.08. The molecule has 2 aliphatic carbocycles. The third-order valence-corrected chi connectivity index (χ3v) is 6.82. The van der Waals surface area contributed by atoms with Gasteiger partial charge in [-0.3, -0.25) is 4.79 Å². The second kappa shape index (κ2) is 9.03. The van der Waals surface area contributed by atoms with Crippen LogP contribution in [0.4, 0.5) is 0 Å². The predicted octanol–water partition coefficient (Wildman–Crippen LogP) is 3.93. The van der Waals surface area contributed by atoms with Crippen LogP contribution in [0, 0.1) is 5.92 Å². The first-order valence-corrected chi connectivity index (χ1v) is 10.8. The maximum Gasteiger partial charge on any atom is 0.308 e. The number of benzene rings is 2. The van der Waals surface area contributed by atoms with Crippen LogP contribution in [0.25, 0.3) is 5.76 Å². The number of fused-ring (bicyclic) bond motifs is 2. The molecule has 0 amide bonds. The van der Waals surface area contributed by atoms with Crippen molar-refractivity contribution in [3.05, 3.63) is 64.7 Å². The maximum absolute atomic E-state index is 12.1. The van der Waals surface area contributed by atoms with E-state index >= 15 is 0 Å². The van der Waals surface area contributed by atoms with Gasteiger partial charge in [0.15, 0.2) is 5.60 Å². The number of carbonyl (C=O) groups excluding carboxylic acids is 1. The number of rotatable bonds is 8. The second-order valence-corrected chi connectivity index (χ2v) is 8.08. The molecular weight excluding hydrogens is 440 g/mol. The monoisotopic (exact) mass is 470 g/mol. The Bertz CT molecular complexity index is 1120. The molecule has 0 bridgehead atoms. The fourth-order valence-electron chi connectivity index (χ4n) is 5.62. The average Bonchev–Trinajstić information content (AvgIpc) is 2.85. The van der Waals surface area contributed by atoms with E-state index < -0.39 is 29.4 Å². The third kappa shape index (κ3) is 3.03. The van der Waals surface area contributed by atoms with Crippen molar-refractivity contribution in [2.24, 2.45) is 5.92 Å². The van der Waals surface area contributed by atoms with Gasteiger partial charge in [0.25, 0.3) is 0 Å². The molecule has 8 nitrogen and oxygen atoms in total. The summed E-state index contributed by atoms with van der Waals surface area (Å²) < 4.78 is 41.4. The number of methoxy groups -OCH3 is 6. The number of carbonyl (C=O) groups is 1. The van der Waals surface area contributed by atoms with Gasteiger partial charge in [0.1, 0.15) is 17.3 Å². The molecule has 0 saturated carbocycles. The molecule has 34 heavy (non-hydrogen) atoms. The predicted molar refractivity (Wildman–Crippen MR) is 123 cm³/mol. The molecule has 182 valence electrons. The summed E-state index contributed by atoms with van der Waals surface area (Å²) >= 11 is 0. The van der Waals surface area contributed by atoms with Crippen LogP contribution in [-0.2, 0) is 39.9 Å². The van der Waals surface area contributed by atoms with Crippen molar-refractivity contribution in [3.8, 4) is 11.5 Å². The van der Waals surface area contributed by atoms with E-state index in [2.05, 4.69) is 0 Å². The molecular formula is C26H30O8. The fraction of sp³-hybridized carbons (Fsp3) is 0.423. The molecule has 2 aromatic carbocycles. The quantitative estimate of drug-likeness (QED) is 0.424. The molecule has 0 aromatic heterocycles. The van der Waals surface area contributed by atoms with Gasteiger partial charge in [0.2, 0.25) is 5.79 Å². The zero-order valence-electron chi connectivity index (χ0n) is 20.5. The van der Waals surface area contributed by atoms with Crippen LogP contribution in [0.3, 0.4) is 0 Å². The molecule has 0 aliphatic heterocycles. The van der Waals surface area contributed by atoms with Crippen molar-refractivity contribution in [3.63, 3.8) is 0 Å². The van der Waals surface area contributed by atoms with E-state index in [4.69, 9.17) is 33.2 Å².